The van der Waals surface area contributed by atoms with Gasteiger partial charge in [0.2, 0.25) is 0 Å². The number of benzene rings is 10. The van der Waals surface area contributed by atoms with Gasteiger partial charge in [-0.2, -0.15) is 0 Å². The lowest BCUT2D eigenvalue weighted by molar-refractivity contribution is 0.867. The van der Waals surface area contributed by atoms with Crippen molar-refractivity contribution < 1.29 is 0 Å². The molecule has 332 valence electrons. The molecular formula is C66H48N4. The molecule has 0 aliphatic carbocycles. The predicted octanol–water partition coefficient (Wildman–Crippen LogP) is 17.4. The lowest BCUT2D eigenvalue weighted by Gasteiger charge is -2.21. The first kappa shape index (κ1) is 42.4. The standard InChI is InChI=1S/C66H48N4/c1-44(2)45-28-32-51(33-29-45)58-43-56(66-68-64(52-26-16-7-17-27-52)67-65(69-66)53-34-30-49(31-35-53)46-18-8-3-9-19-46)42-57(50-24-14-6-15-25-50)63(58)70-61-38-36-54(47-20-10-4-11-21-47)40-59(61)60-41-55(37-39-62(60)70)48-22-12-5-13-23-48/h3-44H,1-2H3. The highest BCUT2D eigenvalue weighted by Gasteiger charge is 2.24. The number of fused-ring (bicyclic) bond motifs is 3. The van der Waals surface area contributed by atoms with Gasteiger partial charge in [0, 0.05) is 38.6 Å². The number of rotatable bonds is 10. The Morgan fingerprint density at radius 1 is 0.286 bits per heavy atom. The minimum Gasteiger partial charge on any atom is -0.308 e. The van der Waals surface area contributed by atoms with Crippen molar-refractivity contribution in [3.05, 3.63) is 254 Å². The van der Waals surface area contributed by atoms with Crippen LogP contribution in [0.4, 0.5) is 0 Å². The topological polar surface area (TPSA) is 43.6 Å². The van der Waals surface area contributed by atoms with E-state index in [4.69, 9.17) is 15.0 Å². The number of aromatic nitrogens is 4. The zero-order valence-electron chi connectivity index (χ0n) is 39.0. The monoisotopic (exact) mass is 896 g/mol. The van der Waals surface area contributed by atoms with E-state index in [1.165, 1.54) is 38.6 Å². The molecule has 2 heterocycles. The van der Waals surface area contributed by atoms with E-state index < -0.39 is 0 Å². The third-order valence-electron chi connectivity index (χ3n) is 13.5. The third kappa shape index (κ3) is 8.06. The molecular weight excluding hydrogens is 849 g/mol. The van der Waals surface area contributed by atoms with Crippen molar-refractivity contribution in [2.45, 2.75) is 19.8 Å². The molecule has 12 aromatic rings. The molecule has 4 heteroatoms. The summed E-state index contributed by atoms with van der Waals surface area (Å²) in [4.78, 5) is 15.8. The molecule has 0 aliphatic heterocycles. The molecule has 0 bridgehead atoms. The summed E-state index contributed by atoms with van der Waals surface area (Å²) < 4.78 is 2.49. The lowest BCUT2D eigenvalue weighted by Crippen LogP contribution is -2.04. The smallest absolute Gasteiger partial charge is 0.164 e. The molecule has 0 radical (unpaired) electrons. The Labute approximate surface area is 408 Å². The van der Waals surface area contributed by atoms with Gasteiger partial charge in [0.1, 0.15) is 0 Å². The first-order chi connectivity index (χ1) is 34.5. The van der Waals surface area contributed by atoms with Crippen LogP contribution in [0, 0.1) is 0 Å². The molecule has 2 aromatic heterocycles. The van der Waals surface area contributed by atoms with E-state index in [1.807, 2.05) is 24.3 Å². The van der Waals surface area contributed by atoms with Crippen molar-refractivity contribution in [3.63, 3.8) is 0 Å². The van der Waals surface area contributed by atoms with Crippen LogP contribution in [-0.2, 0) is 0 Å². The van der Waals surface area contributed by atoms with Crippen molar-refractivity contribution in [1.29, 1.82) is 0 Å². The Morgan fingerprint density at radius 2 is 0.600 bits per heavy atom. The molecule has 0 amide bonds. The van der Waals surface area contributed by atoms with Gasteiger partial charge in [0.05, 0.1) is 16.7 Å². The van der Waals surface area contributed by atoms with E-state index in [0.29, 0.717) is 23.4 Å². The predicted molar refractivity (Wildman–Crippen MR) is 292 cm³/mol. The highest BCUT2D eigenvalue weighted by atomic mass is 15.0. The van der Waals surface area contributed by atoms with Gasteiger partial charge < -0.3 is 4.57 Å². The molecule has 0 atom stereocenters. The van der Waals surface area contributed by atoms with Gasteiger partial charge >= 0.3 is 0 Å². The van der Waals surface area contributed by atoms with Crippen molar-refractivity contribution in [2.75, 3.05) is 0 Å². The molecule has 0 spiro atoms. The molecule has 4 nitrogen and oxygen atoms in total. The maximum absolute atomic E-state index is 5.35. The summed E-state index contributed by atoms with van der Waals surface area (Å²) in [5.74, 6) is 2.22. The van der Waals surface area contributed by atoms with Crippen LogP contribution in [0.25, 0.3) is 117 Å². The quantitative estimate of drug-likeness (QED) is 0.137. The summed E-state index contributed by atoms with van der Waals surface area (Å²) in [5.41, 5.74) is 18.7. The van der Waals surface area contributed by atoms with Crippen LogP contribution in [0.15, 0.2) is 249 Å². The summed E-state index contributed by atoms with van der Waals surface area (Å²) >= 11 is 0. The van der Waals surface area contributed by atoms with Crippen LogP contribution in [0.3, 0.4) is 0 Å². The normalized spacial score (nSPS) is 11.4. The van der Waals surface area contributed by atoms with Crippen molar-refractivity contribution in [3.8, 4) is 95.5 Å². The van der Waals surface area contributed by atoms with Gasteiger partial charge in [-0.3, -0.25) is 0 Å². The van der Waals surface area contributed by atoms with E-state index in [0.717, 1.165) is 66.8 Å². The van der Waals surface area contributed by atoms with E-state index >= 15 is 0 Å². The number of nitrogens with zero attached hydrogens (tertiary/aromatic N) is 4. The molecule has 70 heavy (non-hydrogen) atoms. The average Bonchev–Trinajstić information content (AvgIpc) is 3.76. The minimum atomic E-state index is 0.386. The molecule has 0 saturated heterocycles. The second-order valence-electron chi connectivity index (χ2n) is 18.2. The fraction of sp³-hybridized carbons (Fsp3) is 0.0455. The van der Waals surface area contributed by atoms with Gasteiger partial charge in [0.15, 0.2) is 17.5 Å². The Balaban J connectivity index is 1.15. The first-order valence-corrected chi connectivity index (χ1v) is 24.0. The summed E-state index contributed by atoms with van der Waals surface area (Å²) in [6.07, 6.45) is 0. The summed E-state index contributed by atoms with van der Waals surface area (Å²) in [6, 6.07) is 88.9. The maximum atomic E-state index is 5.35. The van der Waals surface area contributed by atoms with Crippen molar-refractivity contribution >= 4 is 21.8 Å². The van der Waals surface area contributed by atoms with E-state index in [1.54, 1.807) is 0 Å². The van der Waals surface area contributed by atoms with Crippen LogP contribution in [0.5, 0.6) is 0 Å². The van der Waals surface area contributed by atoms with Crippen LogP contribution in [-0.4, -0.2) is 19.5 Å². The van der Waals surface area contributed by atoms with Crippen molar-refractivity contribution in [1.82, 2.24) is 19.5 Å². The molecule has 0 aliphatic rings. The SMILES string of the molecule is CC(C)c1ccc(-c2cc(-c3nc(-c4ccccc4)nc(-c4ccc(-c5ccccc5)cc4)n3)cc(-c3ccccc3)c2-n2c3ccc(-c4ccccc4)cc3c3cc(-c4ccccc4)ccc32)cc1. The van der Waals surface area contributed by atoms with Crippen LogP contribution >= 0.6 is 0 Å². The van der Waals surface area contributed by atoms with Crippen LogP contribution in [0.2, 0.25) is 0 Å². The first-order valence-electron chi connectivity index (χ1n) is 24.0. The fourth-order valence-electron chi connectivity index (χ4n) is 9.79. The van der Waals surface area contributed by atoms with E-state index in [9.17, 15) is 0 Å². The van der Waals surface area contributed by atoms with Crippen molar-refractivity contribution in [2.24, 2.45) is 0 Å². The van der Waals surface area contributed by atoms with Gasteiger partial charge in [-0.25, -0.2) is 15.0 Å². The highest BCUT2D eigenvalue weighted by molar-refractivity contribution is 6.13. The second-order valence-corrected chi connectivity index (χ2v) is 18.2. The molecule has 0 unspecified atom stereocenters. The maximum Gasteiger partial charge on any atom is 0.164 e. The zero-order chi connectivity index (χ0) is 47.0. The zero-order valence-corrected chi connectivity index (χ0v) is 39.0. The average molecular weight is 897 g/mol. The largest absolute Gasteiger partial charge is 0.308 e. The Morgan fingerprint density at radius 3 is 1.04 bits per heavy atom. The molecule has 0 saturated carbocycles. The van der Waals surface area contributed by atoms with E-state index in [2.05, 4.69) is 243 Å². The van der Waals surface area contributed by atoms with Gasteiger partial charge in [-0.05, 0) is 92.4 Å². The summed E-state index contributed by atoms with van der Waals surface area (Å²) in [6.45, 7) is 4.50. The second kappa shape index (κ2) is 18.2. The van der Waals surface area contributed by atoms with Crippen LogP contribution < -0.4 is 0 Å². The van der Waals surface area contributed by atoms with E-state index in [-0.39, 0.29) is 0 Å². The van der Waals surface area contributed by atoms with Crippen LogP contribution in [0.1, 0.15) is 25.3 Å². The van der Waals surface area contributed by atoms with Gasteiger partial charge in [-0.1, -0.05) is 226 Å². The van der Waals surface area contributed by atoms with Gasteiger partial charge in [0.25, 0.3) is 0 Å². The summed E-state index contributed by atoms with van der Waals surface area (Å²) in [5, 5.41) is 2.37. The fourth-order valence-corrected chi connectivity index (χ4v) is 9.79. The Kier molecular flexibility index (Phi) is 11.0. The Hall–Kier alpha value is -8.99. The third-order valence-corrected chi connectivity index (χ3v) is 13.5. The number of hydrogen-bond donors (Lipinski definition) is 0. The van der Waals surface area contributed by atoms with Gasteiger partial charge in [-0.15, -0.1) is 0 Å². The Bertz CT molecular complexity index is 3690. The highest BCUT2D eigenvalue weighted by Crippen LogP contribution is 2.45. The molecule has 0 N–H and O–H groups in total. The summed E-state index contributed by atoms with van der Waals surface area (Å²) in [7, 11) is 0. The minimum absolute atomic E-state index is 0.386. The number of hydrogen-bond acceptors (Lipinski definition) is 3. The molecule has 10 aromatic carbocycles. The molecule has 12 rings (SSSR count). The molecule has 0 fully saturated rings. The lowest BCUT2D eigenvalue weighted by atomic mass is 9.91.